The smallest absolute Gasteiger partial charge is 0.452 e. The second-order valence-electron chi connectivity index (χ2n) is 5.31. The van der Waals surface area contributed by atoms with Crippen molar-refractivity contribution < 1.29 is 67.2 Å². The summed E-state index contributed by atoms with van der Waals surface area (Å²) in [6.45, 7) is 0.931. The number of rotatable bonds is 8. The van der Waals surface area contributed by atoms with Crippen LogP contribution in [0.5, 0.6) is 0 Å². The van der Waals surface area contributed by atoms with Crippen molar-refractivity contribution in [3.8, 4) is 0 Å². The molecule has 0 bridgehead atoms. The zero-order valence-electron chi connectivity index (χ0n) is 14.3. The first kappa shape index (κ1) is 26.0. The summed E-state index contributed by atoms with van der Waals surface area (Å²) >= 11 is 0. The molecule has 0 amide bonds. The van der Waals surface area contributed by atoms with E-state index in [1.807, 2.05) is 0 Å². The van der Waals surface area contributed by atoms with Crippen molar-refractivity contribution in [1.82, 2.24) is 0 Å². The van der Waals surface area contributed by atoms with Crippen LogP contribution in [0.4, 0.5) is 39.5 Å². The monoisotopic (exact) mass is 452 g/mol. The zero-order valence-corrected chi connectivity index (χ0v) is 15.3. The molecule has 0 unspecified atom stereocenters. The molecule has 0 fully saturated rings. The number of halogens is 9. The van der Waals surface area contributed by atoms with Crippen molar-refractivity contribution in [2.45, 2.75) is 57.2 Å². The normalized spacial score (nSPS) is 13.7. The SMILES string of the molecule is CC(=O)O[Si](OC(C)=O)(OC(C)=O)C(F)(F)C(F)(F)C(F)(F)CCC(F)(F)F. The number of hydrogen-bond acceptors (Lipinski definition) is 6. The van der Waals surface area contributed by atoms with Crippen LogP contribution in [-0.2, 0) is 27.7 Å². The van der Waals surface area contributed by atoms with Crippen LogP contribution < -0.4 is 0 Å². The molecule has 164 valence electrons. The maximum absolute atomic E-state index is 14.4. The molecule has 0 aliphatic rings. The highest BCUT2D eigenvalue weighted by atomic mass is 28.4. The van der Waals surface area contributed by atoms with E-state index in [0.29, 0.717) is 20.8 Å². The summed E-state index contributed by atoms with van der Waals surface area (Å²) in [6.07, 6.45) is -10.8. The first-order chi connectivity index (χ1) is 12.2. The van der Waals surface area contributed by atoms with E-state index in [1.165, 1.54) is 0 Å². The lowest BCUT2D eigenvalue weighted by Crippen LogP contribution is -2.73. The number of alkyl halides is 9. The van der Waals surface area contributed by atoms with E-state index in [2.05, 4.69) is 13.3 Å². The molecule has 0 aromatic rings. The second kappa shape index (κ2) is 8.16. The van der Waals surface area contributed by atoms with Gasteiger partial charge in [0.15, 0.2) is 0 Å². The van der Waals surface area contributed by atoms with Crippen LogP contribution in [0.2, 0.25) is 0 Å². The highest BCUT2D eigenvalue weighted by Crippen LogP contribution is 2.53. The lowest BCUT2D eigenvalue weighted by Gasteiger charge is -2.38. The van der Waals surface area contributed by atoms with E-state index >= 15 is 0 Å². The van der Waals surface area contributed by atoms with E-state index in [9.17, 15) is 53.9 Å². The molecule has 0 saturated heterocycles. The average Bonchev–Trinajstić information content (AvgIpc) is 2.41. The van der Waals surface area contributed by atoms with Crippen LogP contribution in [-0.4, -0.2) is 50.3 Å². The van der Waals surface area contributed by atoms with Crippen LogP contribution >= 0.6 is 0 Å². The Kier molecular flexibility index (Phi) is 7.58. The Morgan fingerprint density at radius 1 is 0.679 bits per heavy atom. The Labute approximate surface area is 152 Å². The maximum Gasteiger partial charge on any atom is 0.786 e. The Morgan fingerprint density at radius 3 is 1.25 bits per heavy atom. The van der Waals surface area contributed by atoms with Crippen molar-refractivity contribution in [2.75, 3.05) is 0 Å². The first-order valence-electron chi connectivity index (χ1n) is 7.00. The van der Waals surface area contributed by atoms with Gasteiger partial charge in [-0.15, -0.1) is 0 Å². The summed E-state index contributed by atoms with van der Waals surface area (Å²) < 4.78 is 132. The molecule has 0 spiro atoms. The van der Waals surface area contributed by atoms with Gasteiger partial charge in [-0.2, -0.15) is 39.5 Å². The number of carbonyl (C=O) groups excluding carboxylic acids is 3. The van der Waals surface area contributed by atoms with E-state index in [4.69, 9.17) is 0 Å². The lowest BCUT2D eigenvalue weighted by molar-refractivity contribution is -0.302. The first-order valence-corrected chi connectivity index (χ1v) is 8.72. The van der Waals surface area contributed by atoms with Gasteiger partial charge in [-0.05, 0) is 0 Å². The Balaban J connectivity index is 6.42. The third-order valence-corrected chi connectivity index (χ3v) is 5.55. The Hall–Kier alpha value is -2.00. The van der Waals surface area contributed by atoms with Crippen LogP contribution in [0, 0.1) is 0 Å². The third-order valence-electron chi connectivity index (χ3n) is 2.79. The molecule has 0 radical (unpaired) electrons. The highest BCUT2D eigenvalue weighted by Gasteiger charge is 2.89. The fourth-order valence-corrected chi connectivity index (χ4v) is 3.91. The predicted octanol–water partition coefficient (Wildman–Crippen LogP) is 3.40. The van der Waals surface area contributed by atoms with Crippen LogP contribution in [0.25, 0.3) is 0 Å². The summed E-state index contributed by atoms with van der Waals surface area (Å²) in [5.41, 5.74) is -6.38. The molecule has 0 atom stereocenters. The standard InChI is InChI=1S/C12H13F9O6Si/c1-6(22)25-28(26-7(2)23,27-8(3)24)12(20,21)11(18,19)9(13,14)4-5-10(15,16)17/h4-5H2,1-3H3. The van der Waals surface area contributed by atoms with Gasteiger partial charge >= 0.3 is 32.4 Å². The Bertz CT molecular complexity index is 578. The quantitative estimate of drug-likeness (QED) is 0.415. The van der Waals surface area contributed by atoms with Gasteiger partial charge in [-0.1, -0.05) is 0 Å². The molecule has 16 heteroatoms. The minimum Gasteiger partial charge on any atom is -0.452 e. The van der Waals surface area contributed by atoms with Crippen molar-refractivity contribution >= 4 is 26.7 Å². The molecule has 6 nitrogen and oxygen atoms in total. The van der Waals surface area contributed by atoms with Crippen LogP contribution in [0.15, 0.2) is 0 Å². The summed E-state index contributed by atoms with van der Waals surface area (Å²) in [7, 11) is -6.93. The fourth-order valence-electron chi connectivity index (χ4n) is 1.70. The van der Waals surface area contributed by atoms with Crippen molar-refractivity contribution in [1.29, 1.82) is 0 Å². The van der Waals surface area contributed by atoms with Crippen LogP contribution in [0.3, 0.4) is 0 Å². The highest BCUT2D eigenvalue weighted by molar-refractivity contribution is 6.68. The molecule has 0 aromatic carbocycles. The van der Waals surface area contributed by atoms with Gasteiger partial charge in [0.25, 0.3) is 17.9 Å². The summed E-state index contributed by atoms with van der Waals surface area (Å²) in [5, 5.41) is 0. The molecule has 0 heterocycles. The van der Waals surface area contributed by atoms with Gasteiger partial charge in [-0.25, -0.2) is 0 Å². The zero-order chi connectivity index (χ0) is 22.8. The number of hydrogen-bond donors (Lipinski definition) is 0. The maximum atomic E-state index is 14.4. The molecule has 28 heavy (non-hydrogen) atoms. The van der Waals surface area contributed by atoms with Crippen LogP contribution in [0.1, 0.15) is 33.6 Å². The molecule has 0 aromatic heterocycles. The largest absolute Gasteiger partial charge is 0.786 e. The number of carbonyl (C=O) groups is 3. The minimum atomic E-state index is -6.93. The predicted molar refractivity (Wildman–Crippen MR) is 71.2 cm³/mol. The summed E-state index contributed by atoms with van der Waals surface area (Å²) in [5.74, 6) is -18.4. The molecule has 0 rings (SSSR count). The van der Waals surface area contributed by atoms with Crippen molar-refractivity contribution in [2.24, 2.45) is 0 Å². The van der Waals surface area contributed by atoms with Crippen molar-refractivity contribution in [3.63, 3.8) is 0 Å². The topological polar surface area (TPSA) is 78.9 Å². The van der Waals surface area contributed by atoms with E-state index in [1.54, 1.807) is 0 Å². The molecule has 0 N–H and O–H groups in total. The molecule has 0 saturated carbocycles. The lowest BCUT2D eigenvalue weighted by atomic mass is 10.1. The third kappa shape index (κ3) is 5.75. The minimum absolute atomic E-state index is 0.310. The van der Waals surface area contributed by atoms with Gasteiger partial charge in [0.05, 0.1) is 0 Å². The van der Waals surface area contributed by atoms with Gasteiger partial charge < -0.3 is 13.3 Å². The Morgan fingerprint density at radius 2 is 1.00 bits per heavy atom. The summed E-state index contributed by atoms with van der Waals surface area (Å²) in [6, 6.07) is 0. The molecular formula is C12H13F9O6Si. The van der Waals surface area contributed by atoms with Gasteiger partial charge in [0.2, 0.25) is 0 Å². The van der Waals surface area contributed by atoms with E-state index in [-0.39, 0.29) is 0 Å². The van der Waals surface area contributed by atoms with E-state index < -0.39 is 63.1 Å². The van der Waals surface area contributed by atoms with Gasteiger partial charge in [0, 0.05) is 33.6 Å². The molecule has 0 aliphatic carbocycles. The van der Waals surface area contributed by atoms with Crippen molar-refractivity contribution in [3.05, 3.63) is 0 Å². The van der Waals surface area contributed by atoms with Gasteiger partial charge in [0.1, 0.15) is 0 Å². The van der Waals surface area contributed by atoms with E-state index in [0.717, 1.165) is 0 Å². The second-order valence-corrected chi connectivity index (χ2v) is 7.66. The molecule has 0 aliphatic heterocycles. The van der Waals surface area contributed by atoms with Gasteiger partial charge in [-0.3, -0.25) is 14.4 Å². The average molecular weight is 452 g/mol. The summed E-state index contributed by atoms with van der Waals surface area (Å²) in [4.78, 5) is 33.1. The molecular weight excluding hydrogens is 439 g/mol. The fraction of sp³-hybridized carbons (Fsp3) is 0.750.